The van der Waals surface area contributed by atoms with Gasteiger partial charge < -0.3 is 20.5 Å². The van der Waals surface area contributed by atoms with Gasteiger partial charge in [0.1, 0.15) is 18.0 Å². The Kier molecular flexibility index (Phi) is 8.15. The van der Waals surface area contributed by atoms with Crippen molar-refractivity contribution in [2.75, 3.05) is 29.5 Å². The summed E-state index contributed by atoms with van der Waals surface area (Å²) in [5.74, 6) is 1.61. The lowest BCUT2D eigenvalue weighted by Gasteiger charge is -2.28. The number of hydrogen-bond donors (Lipinski definition) is 2. The summed E-state index contributed by atoms with van der Waals surface area (Å²) in [6.07, 6.45) is 5.16. The van der Waals surface area contributed by atoms with Gasteiger partial charge in [0.2, 0.25) is 5.88 Å². The second kappa shape index (κ2) is 11.3. The zero-order valence-electron chi connectivity index (χ0n) is 20.4. The number of fused-ring (bicyclic) bond motifs is 1. The molecule has 1 amide bonds. The number of hydrogen-bond acceptors (Lipinski definition) is 7. The van der Waals surface area contributed by atoms with Gasteiger partial charge in [-0.1, -0.05) is 37.7 Å². The number of aliphatic carboxylic acids is 1. The molecule has 2 aromatic rings. The molecule has 0 unspecified atom stereocenters. The maximum absolute atomic E-state index is 13.4. The van der Waals surface area contributed by atoms with E-state index in [4.69, 9.17) is 15.6 Å². The van der Waals surface area contributed by atoms with E-state index in [0.29, 0.717) is 30.1 Å². The van der Waals surface area contributed by atoms with E-state index in [2.05, 4.69) is 35.9 Å². The summed E-state index contributed by atoms with van der Waals surface area (Å²) in [6.45, 7) is 5.05. The highest BCUT2D eigenvalue weighted by Gasteiger charge is 2.30. The van der Waals surface area contributed by atoms with Crippen LogP contribution < -0.4 is 15.4 Å². The summed E-state index contributed by atoms with van der Waals surface area (Å²) in [7, 11) is 0. The first kappa shape index (κ1) is 25.3. The van der Waals surface area contributed by atoms with E-state index in [1.165, 1.54) is 17.3 Å². The Hall–Kier alpha value is -2.81. The zero-order chi connectivity index (χ0) is 24.9. The molecule has 1 aliphatic carbocycles. The SMILES string of the molecule is CC(C)CCSc1nc(N)c2c(n1)OCCN(c1ccc([C@H]3CC[C@H](CC(=O)O)CC3)cc1)C2=O. The molecule has 1 saturated carbocycles. The Bertz CT molecular complexity index is 1050. The number of carboxylic acid groups (broad SMARTS) is 1. The third kappa shape index (κ3) is 6.25. The number of nitrogen functional groups attached to an aromatic ring is 1. The molecule has 0 spiro atoms. The van der Waals surface area contributed by atoms with Crippen molar-refractivity contribution in [1.82, 2.24) is 9.97 Å². The van der Waals surface area contributed by atoms with Gasteiger partial charge in [-0.3, -0.25) is 9.59 Å². The number of nitrogens with two attached hydrogens (primary N) is 1. The van der Waals surface area contributed by atoms with Crippen molar-refractivity contribution in [3.05, 3.63) is 35.4 Å². The Balaban J connectivity index is 1.45. The van der Waals surface area contributed by atoms with Gasteiger partial charge in [0.25, 0.3) is 5.91 Å². The van der Waals surface area contributed by atoms with Crippen molar-refractivity contribution < 1.29 is 19.4 Å². The number of carbonyl (C=O) groups is 2. The molecule has 0 radical (unpaired) electrons. The molecule has 0 saturated heterocycles. The molecule has 1 aromatic heterocycles. The van der Waals surface area contributed by atoms with Crippen molar-refractivity contribution in [2.24, 2.45) is 11.8 Å². The standard InChI is InChI=1S/C26H34N4O4S/c1-16(2)11-14-35-26-28-23(27)22-24(29-26)34-13-12-30(25(22)33)20-9-7-19(8-10-20)18-5-3-17(4-6-18)15-21(31)32/h7-10,16-18H,3-6,11-15H2,1-2H3,(H,31,32)(H2,27,28,29)/t17-,18-. The van der Waals surface area contributed by atoms with Crippen LogP contribution in [0.3, 0.4) is 0 Å². The first-order valence-electron chi connectivity index (χ1n) is 12.4. The first-order chi connectivity index (χ1) is 16.8. The van der Waals surface area contributed by atoms with Crippen LogP contribution in [0.1, 0.15) is 74.2 Å². The Labute approximate surface area is 210 Å². The quantitative estimate of drug-likeness (QED) is 0.386. The minimum Gasteiger partial charge on any atom is -0.481 e. The lowest BCUT2D eigenvalue weighted by Crippen LogP contribution is -2.32. The smallest absolute Gasteiger partial charge is 0.303 e. The molecule has 9 heteroatoms. The molecule has 3 N–H and O–H groups in total. The number of thioether (sulfide) groups is 1. The van der Waals surface area contributed by atoms with Crippen LogP contribution in [0.2, 0.25) is 0 Å². The van der Waals surface area contributed by atoms with E-state index in [-0.39, 0.29) is 35.5 Å². The molecule has 35 heavy (non-hydrogen) atoms. The summed E-state index contributed by atoms with van der Waals surface area (Å²) in [4.78, 5) is 34.9. The van der Waals surface area contributed by atoms with Crippen LogP contribution in [0.15, 0.2) is 29.4 Å². The summed E-state index contributed by atoms with van der Waals surface area (Å²) in [5.41, 5.74) is 8.44. The molecule has 2 aliphatic rings. The molecule has 188 valence electrons. The minimum atomic E-state index is -0.711. The fourth-order valence-corrected chi connectivity index (χ4v) is 5.86. The van der Waals surface area contributed by atoms with Crippen LogP contribution in [0.5, 0.6) is 5.88 Å². The number of carboxylic acids is 1. The number of ether oxygens (including phenoxy) is 1. The van der Waals surface area contributed by atoms with Crippen LogP contribution in [-0.4, -0.2) is 45.9 Å². The van der Waals surface area contributed by atoms with Gasteiger partial charge in [-0.25, -0.2) is 4.98 Å². The molecule has 0 bridgehead atoms. The monoisotopic (exact) mass is 498 g/mol. The van der Waals surface area contributed by atoms with Gasteiger partial charge in [-0.2, -0.15) is 4.98 Å². The number of aromatic nitrogens is 2. The van der Waals surface area contributed by atoms with Crippen LogP contribution in [0.4, 0.5) is 11.5 Å². The molecule has 2 heterocycles. The number of nitrogens with zero attached hydrogens (tertiary/aromatic N) is 3. The lowest BCUT2D eigenvalue weighted by molar-refractivity contribution is -0.138. The molecule has 1 aliphatic heterocycles. The van der Waals surface area contributed by atoms with E-state index in [1.807, 2.05) is 12.1 Å². The van der Waals surface area contributed by atoms with E-state index in [0.717, 1.165) is 43.5 Å². The van der Waals surface area contributed by atoms with Gasteiger partial charge in [-0.15, -0.1) is 0 Å². The van der Waals surface area contributed by atoms with Gasteiger partial charge in [0.05, 0.1) is 6.54 Å². The maximum Gasteiger partial charge on any atom is 0.303 e. The predicted molar refractivity (Wildman–Crippen MR) is 137 cm³/mol. The van der Waals surface area contributed by atoms with Crippen molar-refractivity contribution in [3.63, 3.8) is 0 Å². The number of carbonyl (C=O) groups excluding carboxylic acids is 1. The molecule has 8 nitrogen and oxygen atoms in total. The Morgan fingerprint density at radius 2 is 1.91 bits per heavy atom. The molecule has 1 fully saturated rings. The molecule has 1 aromatic carbocycles. The van der Waals surface area contributed by atoms with E-state index < -0.39 is 5.97 Å². The number of amides is 1. The zero-order valence-corrected chi connectivity index (χ0v) is 21.2. The van der Waals surface area contributed by atoms with Crippen molar-refractivity contribution in [2.45, 2.75) is 63.4 Å². The number of anilines is 2. The van der Waals surface area contributed by atoms with Crippen LogP contribution in [-0.2, 0) is 4.79 Å². The summed E-state index contributed by atoms with van der Waals surface area (Å²) in [6, 6.07) is 8.08. The van der Waals surface area contributed by atoms with Crippen LogP contribution in [0.25, 0.3) is 0 Å². The number of benzene rings is 1. The van der Waals surface area contributed by atoms with E-state index >= 15 is 0 Å². The van der Waals surface area contributed by atoms with Crippen LogP contribution >= 0.6 is 11.8 Å². The normalized spacial score (nSPS) is 20.3. The fraction of sp³-hybridized carbons (Fsp3) is 0.538. The third-order valence-electron chi connectivity index (χ3n) is 6.81. The van der Waals surface area contributed by atoms with Gasteiger partial charge in [0.15, 0.2) is 5.16 Å². The summed E-state index contributed by atoms with van der Waals surface area (Å²) < 4.78 is 5.83. The lowest BCUT2D eigenvalue weighted by atomic mass is 9.77. The van der Waals surface area contributed by atoms with Crippen molar-refractivity contribution >= 4 is 35.1 Å². The van der Waals surface area contributed by atoms with E-state index in [9.17, 15) is 9.59 Å². The number of rotatable bonds is 8. The van der Waals surface area contributed by atoms with Crippen molar-refractivity contribution in [1.29, 1.82) is 0 Å². The maximum atomic E-state index is 13.4. The molecular formula is C26H34N4O4S. The Morgan fingerprint density at radius 1 is 1.20 bits per heavy atom. The minimum absolute atomic E-state index is 0.147. The molecule has 4 rings (SSSR count). The fourth-order valence-electron chi connectivity index (χ4n) is 4.78. The third-order valence-corrected chi connectivity index (χ3v) is 7.69. The van der Waals surface area contributed by atoms with Gasteiger partial charge >= 0.3 is 5.97 Å². The molecular weight excluding hydrogens is 464 g/mol. The van der Waals surface area contributed by atoms with Gasteiger partial charge in [0, 0.05) is 17.9 Å². The summed E-state index contributed by atoms with van der Waals surface area (Å²) >= 11 is 1.52. The van der Waals surface area contributed by atoms with Gasteiger partial charge in [-0.05, 0) is 67.6 Å². The predicted octanol–water partition coefficient (Wildman–Crippen LogP) is 4.98. The summed E-state index contributed by atoms with van der Waals surface area (Å²) in [5, 5.41) is 9.56. The second-order valence-corrected chi connectivity index (χ2v) is 10.9. The topological polar surface area (TPSA) is 119 Å². The Morgan fingerprint density at radius 3 is 2.57 bits per heavy atom. The first-order valence-corrected chi connectivity index (χ1v) is 13.4. The van der Waals surface area contributed by atoms with Crippen molar-refractivity contribution in [3.8, 4) is 5.88 Å². The highest BCUT2D eigenvalue weighted by atomic mass is 32.2. The highest BCUT2D eigenvalue weighted by molar-refractivity contribution is 7.99. The average molecular weight is 499 g/mol. The average Bonchev–Trinajstić information content (AvgIpc) is 2.98. The van der Waals surface area contributed by atoms with Crippen LogP contribution in [0, 0.1) is 11.8 Å². The highest BCUT2D eigenvalue weighted by Crippen LogP contribution is 2.38. The van der Waals surface area contributed by atoms with E-state index in [1.54, 1.807) is 4.90 Å². The molecule has 0 atom stereocenters. The largest absolute Gasteiger partial charge is 0.481 e. The second-order valence-electron chi connectivity index (χ2n) is 9.81.